The molecule has 0 bridgehead atoms. The number of nitrogens with two attached hydrogens (primary N) is 1. The number of aromatic nitrogens is 1. The lowest BCUT2D eigenvalue weighted by atomic mass is 9.86. The molecule has 1 saturated heterocycles. The fraction of sp³-hybridized carbons (Fsp3) is 0.409. The molecule has 0 radical (unpaired) electrons. The van der Waals surface area contributed by atoms with Crippen LogP contribution in [0.3, 0.4) is 0 Å². The number of carbonyl (C=O) groups excluding carboxylic acids is 2. The topological polar surface area (TPSA) is 122 Å². The molecular weight excluding hydrogens is 452 g/mol. The zero-order valence-electron chi connectivity index (χ0n) is 18.2. The van der Waals surface area contributed by atoms with Crippen LogP contribution in [0, 0.1) is 5.92 Å². The molecule has 2 amide bonds. The Bertz CT molecular complexity index is 1140. The number of benzene rings is 1. The molecule has 2 aromatic rings. The summed E-state index contributed by atoms with van der Waals surface area (Å²) in [7, 11) is -1.78. The van der Waals surface area contributed by atoms with Gasteiger partial charge in [-0.3, -0.25) is 14.6 Å². The number of pyridine rings is 1. The second kappa shape index (κ2) is 9.56. The third kappa shape index (κ3) is 4.79. The Labute approximate surface area is 193 Å². The number of nitrogens with zero attached hydrogens (tertiary/aromatic N) is 2. The molecule has 1 aliphatic rings. The zero-order valence-corrected chi connectivity index (χ0v) is 19.8. The van der Waals surface area contributed by atoms with Crippen molar-refractivity contribution >= 4 is 33.3 Å². The summed E-state index contributed by atoms with van der Waals surface area (Å²) < 4.78 is 23.9. The third-order valence-corrected chi connectivity index (χ3v) is 7.46. The van der Waals surface area contributed by atoms with Gasteiger partial charge < -0.3 is 16.0 Å². The molecule has 1 fully saturated rings. The molecule has 8 nitrogen and oxygen atoms in total. The van der Waals surface area contributed by atoms with E-state index >= 15 is 0 Å². The Kier molecular flexibility index (Phi) is 7.22. The molecule has 10 heteroatoms. The van der Waals surface area contributed by atoms with E-state index in [4.69, 9.17) is 17.3 Å². The van der Waals surface area contributed by atoms with E-state index in [1.54, 1.807) is 36.3 Å². The van der Waals surface area contributed by atoms with Crippen molar-refractivity contribution in [2.24, 2.45) is 11.7 Å². The average molecular weight is 479 g/mol. The first-order chi connectivity index (χ1) is 15.1. The van der Waals surface area contributed by atoms with E-state index in [2.05, 4.69) is 10.3 Å². The van der Waals surface area contributed by atoms with Crippen molar-refractivity contribution in [3.8, 4) is 11.1 Å². The van der Waals surface area contributed by atoms with Crippen LogP contribution in [0.25, 0.3) is 11.1 Å². The van der Waals surface area contributed by atoms with Crippen LogP contribution in [0.1, 0.15) is 35.4 Å². The Morgan fingerprint density at radius 1 is 1.28 bits per heavy atom. The molecule has 1 aromatic carbocycles. The lowest BCUT2D eigenvalue weighted by Gasteiger charge is -2.36. The van der Waals surface area contributed by atoms with Gasteiger partial charge in [0.15, 0.2) is 9.84 Å². The molecule has 3 rings (SSSR count). The van der Waals surface area contributed by atoms with E-state index < -0.39 is 27.2 Å². The van der Waals surface area contributed by atoms with Crippen LogP contribution < -0.4 is 11.1 Å². The number of nitrogens with one attached hydrogen (secondary N) is 1. The standard InChI is InChI=1S/C22H27ClN4O4S/c1-4-27(2)22(29)16-9-11-26-20(18(16)23)19-15(6-5-10-25-19)14-8-7-13(32(3,30)31)12-17(14)21(24)28/h5-8,10,12,16,18,20,26H,4,9,11H2,1-3H3,(H2,24,28). The first-order valence-electron chi connectivity index (χ1n) is 10.3. The highest BCUT2D eigenvalue weighted by Gasteiger charge is 2.39. The molecule has 1 aromatic heterocycles. The van der Waals surface area contributed by atoms with Gasteiger partial charge in [-0.2, -0.15) is 0 Å². The van der Waals surface area contributed by atoms with Gasteiger partial charge in [0.25, 0.3) is 0 Å². The van der Waals surface area contributed by atoms with Gasteiger partial charge in [0.05, 0.1) is 27.9 Å². The first kappa shape index (κ1) is 24.2. The van der Waals surface area contributed by atoms with Crippen molar-refractivity contribution in [2.75, 3.05) is 26.4 Å². The van der Waals surface area contributed by atoms with Gasteiger partial charge in [0.1, 0.15) is 0 Å². The first-order valence-corrected chi connectivity index (χ1v) is 12.6. The molecule has 0 aliphatic carbocycles. The van der Waals surface area contributed by atoms with E-state index in [9.17, 15) is 18.0 Å². The van der Waals surface area contributed by atoms with Crippen LogP contribution in [0.4, 0.5) is 0 Å². The lowest BCUT2D eigenvalue weighted by Crippen LogP contribution is -2.48. The summed E-state index contributed by atoms with van der Waals surface area (Å²) in [6, 6.07) is 7.31. The minimum atomic E-state index is -3.52. The maximum Gasteiger partial charge on any atom is 0.249 e. The third-order valence-electron chi connectivity index (χ3n) is 5.80. The fourth-order valence-corrected chi connectivity index (χ4v) is 5.02. The largest absolute Gasteiger partial charge is 0.366 e. The Hall–Kier alpha value is -2.49. The second-order valence-corrected chi connectivity index (χ2v) is 10.4. The summed E-state index contributed by atoms with van der Waals surface area (Å²) in [6.07, 6.45) is 3.28. The summed E-state index contributed by atoms with van der Waals surface area (Å²) in [6.45, 7) is 3.07. The average Bonchev–Trinajstić information content (AvgIpc) is 2.77. The quantitative estimate of drug-likeness (QED) is 0.612. The highest BCUT2D eigenvalue weighted by molar-refractivity contribution is 7.90. The maximum atomic E-state index is 12.8. The number of rotatable bonds is 6. The van der Waals surface area contributed by atoms with E-state index in [-0.39, 0.29) is 22.3 Å². The predicted octanol–water partition coefficient (Wildman–Crippen LogP) is 1.99. The summed E-state index contributed by atoms with van der Waals surface area (Å²) >= 11 is 6.81. The van der Waals surface area contributed by atoms with Crippen LogP contribution in [0.15, 0.2) is 41.4 Å². The number of amides is 2. The van der Waals surface area contributed by atoms with Gasteiger partial charge in [-0.1, -0.05) is 12.1 Å². The number of halogens is 1. The Balaban J connectivity index is 2.09. The van der Waals surface area contributed by atoms with Gasteiger partial charge in [-0.15, -0.1) is 11.6 Å². The minimum Gasteiger partial charge on any atom is -0.366 e. The van der Waals surface area contributed by atoms with Crippen LogP contribution in [-0.2, 0) is 14.6 Å². The second-order valence-electron chi connectivity index (χ2n) is 7.90. The summed E-state index contributed by atoms with van der Waals surface area (Å²) in [5.74, 6) is -1.16. The lowest BCUT2D eigenvalue weighted by molar-refractivity contribution is -0.135. The van der Waals surface area contributed by atoms with Crippen molar-refractivity contribution in [3.63, 3.8) is 0 Å². The van der Waals surface area contributed by atoms with Gasteiger partial charge in [0.2, 0.25) is 11.8 Å². The summed E-state index contributed by atoms with van der Waals surface area (Å²) in [4.78, 5) is 31.2. The van der Waals surface area contributed by atoms with Crippen LogP contribution in [0.5, 0.6) is 0 Å². The SMILES string of the molecule is CCN(C)C(=O)C1CCNC(c2ncccc2-c2ccc(S(C)(=O)=O)cc2C(N)=O)C1Cl. The number of alkyl halides is 1. The minimum absolute atomic E-state index is 0.000217. The maximum absolute atomic E-state index is 12.8. The molecule has 3 atom stereocenters. The molecule has 172 valence electrons. The van der Waals surface area contributed by atoms with Gasteiger partial charge in [-0.05, 0) is 43.7 Å². The molecule has 2 heterocycles. The van der Waals surface area contributed by atoms with Gasteiger partial charge in [0, 0.05) is 37.2 Å². The Morgan fingerprint density at radius 3 is 2.62 bits per heavy atom. The number of piperidine rings is 1. The molecular formula is C22H27ClN4O4S. The molecule has 1 aliphatic heterocycles. The molecule has 0 saturated carbocycles. The van der Waals surface area contributed by atoms with E-state index in [0.717, 1.165) is 6.26 Å². The molecule has 32 heavy (non-hydrogen) atoms. The number of hydrogen-bond acceptors (Lipinski definition) is 6. The van der Waals surface area contributed by atoms with Crippen molar-refractivity contribution in [2.45, 2.75) is 29.7 Å². The van der Waals surface area contributed by atoms with Gasteiger partial charge >= 0.3 is 0 Å². The molecule has 3 unspecified atom stereocenters. The van der Waals surface area contributed by atoms with Crippen molar-refractivity contribution < 1.29 is 18.0 Å². The fourth-order valence-electron chi connectivity index (χ4n) is 3.93. The highest BCUT2D eigenvalue weighted by atomic mass is 35.5. The van der Waals surface area contributed by atoms with Gasteiger partial charge in [-0.25, -0.2) is 8.42 Å². The summed E-state index contributed by atoms with van der Waals surface area (Å²) in [5.41, 5.74) is 7.28. The number of hydrogen-bond donors (Lipinski definition) is 2. The Morgan fingerprint density at radius 2 is 2.00 bits per heavy atom. The smallest absolute Gasteiger partial charge is 0.249 e. The van der Waals surface area contributed by atoms with Crippen molar-refractivity contribution in [1.29, 1.82) is 0 Å². The predicted molar refractivity (Wildman–Crippen MR) is 123 cm³/mol. The van der Waals surface area contributed by atoms with Crippen LogP contribution >= 0.6 is 11.6 Å². The number of carbonyl (C=O) groups is 2. The van der Waals surface area contributed by atoms with Crippen LogP contribution in [0.2, 0.25) is 0 Å². The van der Waals surface area contributed by atoms with E-state index in [1.807, 2.05) is 6.92 Å². The number of sulfone groups is 1. The highest BCUT2D eigenvalue weighted by Crippen LogP contribution is 2.38. The monoisotopic (exact) mass is 478 g/mol. The molecule has 0 spiro atoms. The summed E-state index contributed by atoms with van der Waals surface area (Å²) in [5, 5.41) is 2.78. The molecule has 3 N–H and O–H groups in total. The van der Waals surface area contributed by atoms with Crippen LogP contribution in [-0.4, -0.2) is 61.9 Å². The van der Waals surface area contributed by atoms with E-state index in [1.165, 1.54) is 12.1 Å². The van der Waals surface area contributed by atoms with Crippen molar-refractivity contribution in [3.05, 3.63) is 47.8 Å². The zero-order chi connectivity index (χ0) is 23.6. The number of primary amides is 1. The van der Waals surface area contributed by atoms with Crippen molar-refractivity contribution in [1.82, 2.24) is 15.2 Å². The van der Waals surface area contributed by atoms with E-state index in [0.29, 0.717) is 36.3 Å². The normalized spacial score (nSPS) is 21.2.